The minimum atomic E-state index is -4.40. The summed E-state index contributed by atoms with van der Waals surface area (Å²) in [7, 11) is 0. The second-order valence-electron chi connectivity index (χ2n) is 4.51. The third-order valence-corrected chi connectivity index (χ3v) is 6.54. The summed E-state index contributed by atoms with van der Waals surface area (Å²) in [6.45, 7) is -1.42. The molecule has 0 saturated heterocycles. The van der Waals surface area contributed by atoms with Crippen LogP contribution in [0.15, 0.2) is 59.5 Å². The van der Waals surface area contributed by atoms with Gasteiger partial charge in [0.1, 0.15) is 0 Å². The molecule has 23 heavy (non-hydrogen) atoms. The Kier molecular flexibility index (Phi) is 5.79. The summed E-state index contributed by atoms with van der Waals surface area (Å²) in [4.78, 5) is 0.740. The number of hydrogen-bond acceptors (Lipinski definition) is 3. The van der Waals surface area contributed by atoms with Crippen LogP contribution >= 0.6 is 18.1 Å². The van der Waals surface area contributed by atoms with Crippen molar-refractivity contribution in [1.29, 1.82) is 0 Å². The first-order valence-corrected chi connectivity index (χ1v) is 9.82. The van der Waals surface area contributed by atoms with Crippen LogP contribution in [0.2, 0.25) is 0 Å². The van der Waals surface area contributed by atoms with E-state index in [2.05, 4.69) is 5.09 Å². The predicted octanol–water partition coefficient (Wildman–Crippen LogP) is 6.05. The Balaban J connectivity index is 2.17. The lowest BCUT2D eigenvalue weighted by molar-refractivity contribution is -0.137. The van der Waals surface area contributed by atoms with E-state index in [1.165, 1.54) is 12.1 Å². The molecule has 0 radical (unpaired) electrons. The van der Waals surface area contributed by atoms with E-state index in [9.17, 15) is 17.7 Å². The SMILES string of the molecule is CCOP(=O)(Nc1ccc(C(F)(F)F)cc1)Sc1ccccc1. The maximum Gasteiger partial charge on any atom is 0.416 e. The average Bonchev–Trinajstić information content (AvgIpc) is 2.47. The fraction of sp³-hybridized carbons (Fsp3) is 0.200. The zero-order valence-corrected chi connectivity index (χ0v) is 13.9. The summed E-state index contributed by atoms with van der Waals surface area (Å²) >= 11 is 1.02. The highest BCUT2D eigenvalue weighted by atomic mass is 32.7. The quantitative estimate of drug-likeness (QED) is 0.635. The van der Waals surface area contributed by atoms with Crippen LogP contribution in [-0.2, 0) is 15.3 Å². The van der Waals surface area contributed by atoms with Crippen LogP contribution in [0.1, 0.15) is 12.5 Å². The summed E-state index contributed by atoms with van der Waals surface area (Å²) in [5.74, 6) is 0. The Labute approximate surface area is 136 Å². The monoisotopic (exact) mass is 361 g/mol. The minimum absolute atomic E-state index is 0.213. The molecule has 0 saturated carbocycles. The topological polar surface area (TPSA) is 38.3 Å². The first kappa shape index (κ1) is 17.9. The third kappa shape index (κ3) is 5.30. The molecular weight excluding hydrogens is 346 g/mol. The first-order chi connectivity index (χ1) is 10.8. The van der Waals surface area contributed by atoms with Crippen molar-refractivity contribution in [2.24, 2.45) is 0 Å². The standard InChI is InChI=1S/C15H15F3NO2PS/c1-2-21-22(20,23-14-6-4-3-5-7-14)19-13-10-8-12(9-11-13)15(16,17)18/h3-11H,2H2,1H3,(H,19,20). The van der Waals surface area contributed by atoms with Gasteiger partial charge >= 0.3 is 12.9 Å². The van der Waals surface area contributed by atoms with Gasteiger partial charge in [-0.2, -0.15) is 13.2 Å². The molecular formula is C15H15F3NO2PS. The molecule has 1 N–H and O–H groups in total. The van der Waals surface area contributed by atoms with Gasteiger partial charge < -0.3 is 9.61 Å². The van der Waals surface area contributed by atoms with Gasteiger partial charge in [0.15, 0.2) is 0 Å². The van der Waals surface area contributed by atoms with Crippen LogP contribution in [0.4, 0.5) is 18.9 Å². The zero-order valence-electron chi connectivity index (χ0n) is 12.2. The summed E-state index contributed by atoms with van der Waals surface area (Å²) in [5, 5.41) is 2.71. The second kappa shape index (κ2) is 7.43. The number of alkyl halides is 3. The van der Waals surface area contributed by atoms with Gasteiger partial charge in [0.05, 0.1) is 12.2 Å². The van der Waals surface area contributed by atoms with Crippen molar-refractivity contribution in [3.8, 4) is 0 Å². The molecule has 0 amide bonds. The molecule has 0 heterocycles. The third-order valence-electron chi connectivity index (χ3n) is 2.75. The highest BCUT2D eigenvalue weighted by Gasteiger charge is 2.30. The van der Waals surface area contributed by atoms with Crippen molar-refractivity contribution in [3.05, 3.63) is 60.2 Å². The number of benzene rings is 2. The molecule has 2 aromatic rings. The molecule has 1 unspecified atom stereocenters. The number of rotatable bonds is 6. The second-order valence-corrected chi connectivity index (χ2v) is 8.63. The zero-order chi connectivity index (χ0) is 16.9. The molecule has 3 nitrogen and oxygen atoms in total. The lowest BCUT2D eigenvalue weighted by Gasteiger charge is -2.19. The van der Waals surface area contributed by atoms with Gasteiger partial charge in [-0.15, -0.1) is 0 Å². The maximum absolute atomic E-state index is 12.8. The fourth-order valence-electron chi connectivity index (χ4n) is 1.76. The van der Waals surface area contributed by atoms with Crippen molar-refractivity contribution in [3.63, 3.8) is 0 Å². The number of nitrogens with one attached hydrogen (secondary N) is 1. The summed E-state index contributed by atoms with van der Waals surface area (Å²) in [5.41, 5.74) is -0.455. The predicted molar refractivity (Wildman–Crippen MR) is 86.6 cm³/mol. The molecule has 1 atom stereocenters. The van der Waals surface area contributed by atoms with E-state index in [-0.39, 0.29) is 6.61 Å². The van der Waals surface area contributed by atoms with Gasteiger partial charge in [0.2, 0.25) is 0 Å². The summed E-state index contributed by atoms with van der Waals surface area (Å²) < 4.78 is 55.8. The van der Waals surface area contributed by atoms with Gasteiger partial charge in [-0.3, -0.25) is 4.57 Å². The van der Waals surface area contributed by atoms with Crippen LogP contribution < -0.4 is 5.09 Å². The number of anilines is 1. The molecule has 0 bridgehead atoms. The van der Waals surface area contributed by atoms with E-state index < -0.39 is 18.5 Å². The number of halogens is 3. The van der Waals surface area contributed by atoms with Gasteiger partial charge in [-0.1, -0.05) is 18.2 Å². The average molecular weight is 361 g/mol. The lowest BCUT2D eigenvalue weighted by Crippen LogP contribution is -2.05. The Morgan fingerprint density at radius 3 is 2.22 bits per heavy atom. The minimum Gasteiger partial charge on any atom is -0.307 e. The Hall–Kier alpha value is -1.43. The van der Waals surface area contributed by atoms with E-state index in [0.717, 1.165) is 28.4 Å². The van der Waals surface area contributed by atoms with E-state index in [0.29, 0.717) is 5.69 Å². The van der Waals surface area contributed by atoms with Gasteiger partial charge in [-0.05, 0) is 54.7 Å². The smallest absolute Gasteiger partial charge is 0.307 e. The maximum atomic E-state index is 12.8. The van der Waals surface area contributed by atoms with E-state index >= 15 is 0 Å². The lowest BCUT2D eigenvalue weighted by atomic mass is 10.2. The van der Waals surface area contributed by atoms with Crippen LogP contribution in [0, 0.1) is 0 Å². The van der Waals surface area contributed by atoms with Gasteiger partial charge in [-0.25, -0.2) is 0 Å². The van der Waals surface area contributed by atoms with Crippen molar-refractivity contribution in [1.82, 2.24) is 0 Å². The Morgan fingerprint density at radius 2 is 1.70 bits per heavy atom. The summed E-state index contributed by atoms with van der Waals surface area (Å²) in [6.07, 6.45) is -4.40. The molecule has 0 spiro atoms. The highest BCUT2D eigenvalue weighted by Crippen LogP contribution is 2.61. The van der Waals surface area contributed by atoms with Crippen molar-refractivity contribution in [2.75, 3.05) is 11.7 Å². The first-order valence-electron chi connectivity index (χ1n) is 6.77. The van der Waals surface area contributed by atoms with E-state index in [1.54, 1.807) is 31.2 Å². The molecule has 2 rings (SSSR count). The van der Waals surface area contributed by atoms with E-state index in [4.69, 9.17) is 4.52 Å². The van der Waals surface area contributed by atoms with Crippen molar-refractivity contribution < 1.29 is 22.3 Å². The van der Waals surface area contributed by atoms with Gasteiger partial charge in [0, 0.05) is 10.6 Å². The van der Waals surface area contributed by atoms with Gasteiger partial charge in [0.25, 0.3) is 0 Å². The fourth-order valence-corrected chi connectivity index (χ4v) is 5.41. The largest absolute Gasteiger partial charge is 0.416 e. The van der Waals surface area contributed by atoms with Crippen LogP contribution in [-0.4, -0.2) is 6.61 Å². The normalized spacial score (nSPS) is 14.3. The Morgan fingerprint density at radius 1 is 1.09 bits per heavy atom. The molecule has 124 valence electrons. The molecule has 0 aliphatic rings. The van der Waals surface area contributed by atoms with Crippen LogP contribution in [0.25, 0.3) is 0 Å². The van der Waals surface area contributed by atoms with Crippen LogP contribution in [0.3, 0.4) is 0 Å². The molecule has 0 fully saturated rings. The number of hydrogen-bond donors (Lipinski definition) is 1. The molecule has 0 aliphatic heterocycles. The molecule has 8 heteroatoms. The van der Waals surface area contributed by atoms with E-state index in [1.807, 2.05) is 6.07 Å². The molecule has 0 aromatic heterocycles. The molecule has 2 aromatic carbocycles. The van der Waals surface area contributed by atoms with Crippen molar-refractivity contribution in [2.45, 2.75) is 18.0 Å². The Bertz CT molecular complexity index is 677. The molecule has 0 aliphatic carbocycles. The summed E-state index contributed by atoms with van der Waals surface area (Å²) in [6, 6.07) is 13.3. The highest BCUT2D eigenvalue weighted by molar-refractivity contribution is 8.57. The van der Waals surface area contributed by atoms with Crippen LogP contribution in [0.5, 0.6) is 0 Å². The van der Waals surface area contributed by atoms with Crippen molar-refractivity contribution >= 4 is 23.8 Å².